The molecule has 0 aliphatic carbocycles. The molecule has 1 saturated heterocycles. The Morgan fingerprint density at radius 2 is 1.37 bits per heavy atom. The van der Waals surface area contributed by atoms with Crippen LogP contribution in [0.4, 0.5) is 0 Å². The summed E-state index contributed by atoms with van der Waals surface area (Å²) in [4.78, 5) is 0. The summed E-state index contributed by atoms with van der Waals surface area (Å²) in [6.45, 7) is 12.8. The Morgan fingerprint density at radius 1 is 0.895 bits per heavy atom. The molecule has 2 heteroatoms. The maximum absolute atomic E-state index is 10.7. The number of rotatable bonds is 2. The van der Waals surface area contributed by atoms with Crippen LogP contribution in [0.15, 0.2) is 0 Å². The van der Waals surface area contributed by atoms with Crippen molar-refractivity contribution in [2.75, 3.05) is 0 Å². The average Bonchev–Trinajstić information content (AvgIpc) is 2.81. The lowest BCUT2D eigenvalue weighted by molar-refractivity contribution is -0.0302. The third-order valence-electron chi connectivity index (χ3n) is 4.97. The van der Waals surface area contributed by atoms with E-state index in [1.807, 2.05) is 0 Å². The molecule has 19 heavy (non-hydrogen) atoms. The Balaban J connectivity index is 2.45. The summed E-state index contributed by atoms with van der Waals surface area (Å²) in [5.74, 6) is 0. The van der Waals surface area contributed by atoms with Gasteiger partial charge in [0, 0.05) is 0 Å². The summed E-state index contributed by atoms with van der Waals surface area (Å²) >= 11 is 0. The van der Waals surface area contributed by atoms with Crippen LogP contribution in [0.2, 0.25) is 0 Å². The lowest BCUT2D eigenvalue weighted by Crippen LogP contribution is -2.21. The summed E-state index contributed by atoms with van der Waals surface area (Å²) in [5, 5.41) is 10.7. The molecule has 1 fully saturated rings. The van der Waals surface area contributed by atoms with Gasteiger partial charge in [-0.25, -0.2) is 0 Å². The summed E-state index contributed by atoms with van der Waals surface area (Å²) in [5.41, 5.74) is 7.45. The normalized spacial score (nSPS) is 24.8. The molecular formula is C17H26O2. The summed E-state index contributed by atoms with van der Waals surface area (Å²) in [6.07, 6.45) is 1.72. The molecule has 1 aromatic rings. The van der Waals surface area contributed by atoms with Gasteiger partial charge in [0.25, 0.3) is 0 Å². The van der Waals surface area contributed by atoms with E-state index < -0.39 is 6.10 Å². The molecule has 1 N–H and O–H groups in total. The summed E-state index contributed by atoms with van der Waals surface area (Å²) in [7, 11) is 0. The molecule has 0 amide bonds. The van der Waals surface area contributed by atoms with E-state index in [1.165, 1.54) is 27.8 Å². The van der Waals surface area contributed by atoms with E-state index >= 15 is 0 Å². The van der Waals surface area contributed by atoms with Crippen molar-refractivity contribution in [3.8, 4) is 0 Å². The predicted molar refractivity (Wildman–Crippen MR) is 78.7 cm³/mol. The Kier molecular flexibility index (Phi) is 4.03. The smallest absolute Gasteiger partial charge is 0.106 e. The SMILES string of the molecule is Cc1c(C)c(C)c(C(O)C2CCC(C)O2)c(C)c1C. The zero-order chi connectivity index (χ0) is 14.3. The zero-order valence-corrected chi connectivity index (χ0v) is 13.0. The highest BCUT2D eigenvalue weighted by Gasteiger charge is 2.31. The highest BCUT2D eigenvalue weighted by Crippen LogP contribution is 2.36. The number of ether oxygens (including phenoxy) is 1. The second-order valence-corrected chi connectivity index (χ2v) is 6.05. The first-order chi connectivity index (χ1) is 8.84. The number of hydrogen-bond donors (Lipinski definition) is 1. The van der Waals surface area contributed by atoms with Gasteiger partial charge in [-0.05, 0) is 87.8 Å². The Morgan fingerprint density at radius 3 is 1.79 bits per heavy atom. The van der Waals surface area contributed by atoms with Crippen LogP contribution in [0.1, 0.15) is 59.3 Å². The molecule has 1 aliphatic rings. The van der Waals surface area contributed by atoms with Gasteiger partial charge in [0.2, 0.25) is 0 Å². The van der Waals surface area contributed by atoms with Gasteiger partial charge in [-0.1, -0.05) is 0 Å². The number of hydrogen-bond acceptors (Lipinski definition) is 2. The van der Waals surface area contributed by atoms with E-state index in [4.69, 9.17) is 4.74 Å². The lowest BCUT2D eigenvalue weighted by atomic mass is 9.85. The van der Waals surface area contributed by atoms with Crippen LogP contribution in [0.3, 0.4) is 0 Å². The monoisotopic (exact) mass is 262 g/mol. The van der Waals surface area contributed by atoms with Crippen molar-refractivity contribution in [2.45, 2.75) is 72.7 Å². The van der Waals surface area contributed by atoms with Crippen molar-refractivity contribution in [1.82, 2.24) is 0 Å². The van der Waals surface area contributed by atoms with Gasteiger partial charge < -0.3 is 9.84 Å². The molecular weight excluding hydrogens is 236 g/mol. The summed E-state index contributed by atoms with van der Waals surface area (Å²) < 4.78 is 5.85. The maximum Gasteiger partial charge on any atom is 0.106 e. The first-order valence-corrected chi connectivity index (χ1v) is 7.25. The fourth-order valence-electron chi connectivity index (χ4n) is 3.22. The maximum atomic E-state index is 10.7. The third-order valence-corrected chi connectivity index (χ3v) is 4.97. The molecule has 0 saturated carbocycles. The average molecular weight is 262 g/mol. The topological polar surface area (TPSA) is 29.5 Å². The van der Waals surface area contributed by atoms with Crippen LogP contribution in [-0.4, -0.2) is 17.3 Å². The molecule has 0 spiro atoms. The first kappa shape index (κ1) is 14.5. The zero-order valence-electron chi connectivity index (χ0n) is 13.0. The molecule has 3 unspecified atom stereocenters. The Labute approximate surface area is 116 Å². The van der Waals surface area contributed by atoms with Crippen molar-refractivity contribution >= 4 is 0 Å². The van der Waals surface area contributed by atoms with Crippen LogP contribution < -0.4 is 0 Å². The number of benzene rings is 1. The molecule has 1 aliphatic heterocycles. The van der Waals surface area contributed by atoms with Crippen LogP contribution in [0, 0.1) is 34.6 Å². The van der Waals surface area contributed by atoms with E-state index in [0.717, 1.165) is 18.4 Å². The quantitative estimate of drug-likeness (QED) is 0.877. The van der Waals surface area contributed by atoms with E-state index in [-0.39, 0.29) is 12.2 Å². The van der Waals surface area contributed by atoms with Crippen LogP contribution in [-0.2, 0) is 4.74 Å². The van der Waals surface area contributed by atoms with Crippen molar-refractivity contribution in [3.63, 3.8) is 0 Å². The molecule has 0 aromatic heterocycles. The molecule has 2 nitrogen and oxygen atoms in total. The van der Waals surface area contributed by atoms with Gasteiger partial charge in [0.15, 0.2) is 0 Å². The first-order valence-electron chi connectivity index (χ1n) is 7.25. The van der Waals surface area contributed by atoms with Crippen LogP contribution >= 0.6 is 0 Å². The fraction of sp³-hybridized carbons (Fsp3) is 0.647. The van der Waals surface area contributed by atoms with E-state index in [9.17, 15) is 5.11 Å². The minimum absolute atomic E-state index is 0.0473. The number of aliphatic hydroxyl groups excluding tert-OH is 1. The molecule has 106 valence electrons. The van der Waals surface area contributed by atoms with Gasteiger partial charge in [-0.15, -0.1) is 0 Å². The summed E-state index contributed by atoms with van der Waals surface area (Å²) in [6, 6.07) is 0. The highest BCUT2D eigenvalue weighted by atomic mass is 16.5. The Bertz CT molecular complexity index is 462. The highest BCUT2D eigenvalue weighted by molar-refractivity contribution is 5.50. The van der Waals surface area contributed by atoms with E-state index in [2.05, 4.69) is 41.5 Å². The fourth-order valence-corrected chi connectivity index (χ4v) is 3.22. The minimum atomic E-state index is -0.497. The minimum Gasteiger partial charge on any atom is -0.386 e. The molecule has 3 atom stereocenters. The molecule has 0 radical (unpaired) electrons. The third kappa shape index (κ3) is 2.44. The molecule has 1 heterocycles. The van der Waals surface area contributed by atoms with Crippen molar-refractivity contribution < 1.29 is 9.84 Å². The standard InChI is InChI=1S/C17H26O2/c1-9-7-8-15(19-9)17(18)16-13(5)11(3)10(2)12(4)14(16)6/h9,15,17-18H,7-8H2,1-6H3. The van der Waals surface area contributed by atoms with E-state index in [0.29, 0.717) is 0 Å². The predicted octanol–water partition coefficient (Wildman–Crippen LogP) is 3.83. The Hall–Kier alpha value is -0.860. The van der Waals surface area contributed by atoms with Crippen molar-refractivity contribution in [3.05, 3.63) is 33.4 Å². The molecule has 1 aromatic carbocycles. The van der Waals surface area contributed by atoms with Crippen molar-refractivity contribution in [1.29, 1.82) is 0 Å². The van der Waals surface area contributed by atoms with Gasteiger partial charge in [0.1, 0.15) is 6.10 Å². The molecule has 0 bridgehead atoms. The van der Waals surface area contributed by atoms with Gasteiger partial charge in [-0.2, -0.15) is 0 Å². The van der Waals surface area contributed by atoms with Crippen LogP contribution in [0.5, 0.6) is 0 Å². The second-order valence-electron chi connectivity index (χ2n) is 6.05. The van der Waals surface area contributed by atoms with Crippen LogP contribution in [0.25, 0.3) is 0 Å². The number of aliphatic hydroxyl groups is 1. The lowest BCUT2D eigenvalue weighted by Gasteiger charge is -2.26. The molecule has 2 rings (SSSR count). The second kappa shape index (κ2) is 5.26. The van der Waals surface area contributed by atoms with Gasteiger partial charge in [0.05, 0.1) is 12.2 Å². The van der Waals surface area contributed by atoms with Gasteiger partial charge in [-0.3, -0.25) is 0 Å². The van der Waals surface area contributed by atoms with E-state index in [1.54, 1.807) is 0 Å². The van der Waals surface area contributed by atoms with Gasteiger partial charge >= 0.3 is 0 Å². The largest absolute Gasteiger partial charge is 0.386 e. The van der Waals surface area contributed by atoms with Crippen molar-refractivity contribution in [2.24, 2.45) is 0 Å².